The van der Waals surface area contributed by atoms with E-state index in [4.69, 9.17) is 27.9 Å². The van der Waals surface area contributed by atoms with Gasteiger partial charge in [-0.15, -0.1) is 0 Å². The molecule has 0 aliphatic carbocycles. The molecule has 0 unspecified atom stereocenters. The molecular weight excluding hydrogens is 339 g/mol. The molecule has 120 valence electrons. The molecule has 0 aromatic carbocycles. The van der Waals surface area contributed by atoms with Crippen LogP contribution in [0, 0.1) is 0 Å². The molecule has 2 aromatic heterocycles. The van der Waals surface area contributed by atoms with Gasteiger partial charge >= 0.3 is 0 Å². The maximum absolute atomic E-state index is 12.2. The standard InChI is InChI=1S/C15H14Cl2N4O2/c16-11-2-3-12(17)19-14(11)15(22)20-13-4-1-10(9-18-13)21-5-7-23-8-6-21/h1-4,9H,5-8H2,(H,18,20,22). The Bertz CT molecular complexity index is 703. The van der Waals surface area contributed by atoms with Crippen LogP contribution in [0.25, 0.3) is 0 Å². The van der Waals surface area contributed by atoms with Crippen molar-refractivity contribution < 1.29 is 9.53 Å². The van der Waals surface area contributed by atoms with Gasteiger partial charge in [-0.25, -0.2) is 9.97 Å². The molecule has 0 saturated carbocycles. The third kappa shape index (κ3) is 3.90. The van der Waals surface area contributed by atoms with Crippen molar-refractivity contribution in [2.75, 3.05) is 36.5 Å². The van der Waals surface area contributed by atoms with Crippen LogP contribution in [0.5, 0.6) is 0 Å². The van der Waals surface area contributed by atoms with Gasteiger partial charge in [-0.05, 0) is 24.3 Å². The van der Waals surface area contributed by atoms with Gasteiger partial charge in [-0.1, -0.05) is 23.2 Å². The zero-order valence-corrected chi connectivity index (χ0v) is 13.6. The number of morpholine rings is 1. The average molecular weight is 353 g/mol. The van der Waals surface area contributed by atoms with Gasteiger partial charge in [-0.3, -0.25) is 4.79 Å². The quantitative estimate of drug-likeness (QED) is 0.860. The van der Waals surface area contributed by atoms with E-state index in [1.54, 1.807) is 12.3 Å². The summed E-state index contributed by atoms with van der Waals surface area (Å²) < 4.78 is 5.32. The van der Waals surface area contributed by atoms with Crippen molar-refractivity contribution in [3.8, 4) is 0 Å². The Morgan fingerprint density at radius 3 is 2.65 bits per heavy atom. The highest BCUT2D eigenvalue weighted by molar-refractivity contribution is 6.35. The molecule has 23 heavy (non-hydrogen) atoms. The first-order chi connectivity index (χ1) is 11.1. The molecule has 0 bridgehead atoms. The van der Waals surface area contributed by atoms with Gasteiger partial charge in [0.25, 0.3) is 5.91 Å². The Hall–Kier alpha value is -1.89. The van der Waals surface area contributed by atoms with Crippen molar-refractivity contribution in [2.45, 2.75) is 0 Å². The highest BCUT2D eigenvalue weighted by Crippen LogP contribution is 2.19. The van der Waals surface area contributed by atoms with E-state index in [-0.39, 0.29) is 15.9 Å². The predicted octanol–water partition coefficient (Wildman–Crippen LogP) is 2.87. The second kappa shape index (κ2) is 7.12. The Kier molecular flexibility index (Phi) is 4.95. The van der Waals surface area contributed by atoms with Gasteiger partial charge < -0.3 is 15.0 Å². The predicted molar refractivity (Wildman–Crippen MR) is 89.5 cm³/mol. The maximum Gasteiger partial charge on any atom is 0.277 e. The number of ether oxygens (including phenoxy) is 1. The normalized spacial score (nSPS) is 14.6. The summed E-state index contributed by atoms with van der Waals surface area (Å²) >= 11 is 11.8. The molecule has 8 heteroatoms. The summed E-state index contributed by atoms with van der Waals surface area (Å²) in [6.07, 6.45) is 1.72. The van der Waals surface area contributed by atoms with Crippen molar-refractivity contribution >= 4 is 40.6 Å². The molecule has 1 saturated heterocycles. The molecule has 1 amide bonds. The van der Waals surface area contributed by atoms with Gasteiger partial charge in [0.15, 0.2) is 0 Å². The summed E-state index contributed by atoms with van der Waals surface area (Å²) in [5.41, 5.74) is 1.06. The number of aromatic nitrogens is 2. The van der Waals surface area contributed by atoms with Crippen LogP contribution in [0.4, 0.5) is 11.5 Å². The molecule has 3 heterocycles. The van der Waals surface area contributed by atoms with Crippen molar-refractivity contribution in [3.05, 3.63) is 46.3 Å². The molecular formula is C15H14Cl2N4O2. The zero-order chi connectivity index (χ0) is 16.2. The second-order valence-electron chi connectivity index (χ2n) is 4.92. The highest BCUT2D eigenvalue weighted by Gasteiger charge is 2.15. The Morgan fingerprint density at radius 2 is 1.96 bits per heavy atom. The van der Waals surface area contributed by atoms with Crippen LogP contribution in [0.2, 0.25) is 10.2 Å². The van der Waals surface area contributed by atoms with Gasteiger partial charge in [0.2, 0.25) is 0 Å². The van der Waals surface area contributed by atoms with Crippen molar-refractivity contribution in [3.63, 3.8) is 0 Å². The molecule has 0 radical (unpaired) electrons. The van der Waals surface area contributed by atoms with E-state index in [2.05, 4.69) is 20.2 Å². The van der Waals surface area contributed by atoms with Gasteiger partial charge in [0.1, 0.15) is 16.7 Å². The molecule has 0 spiro atoms. The lowest BCUT2D eigenvalue weighted by atomic mass is 10.3. The molecule has 1 aliphatic rings. The third-order valence-corrected chi connectivity index (χ3v) is 3.91. The molecule has 1 aliphatic heterocycles. The van der Waals surface area contributed by atoms with E-state index in [0.29, 0.717) is 19.0 Å². The van der Waals surface area contributed by atoms with E-state index < -0.39 is 5.91 Å². The molecule has 3 rings (SSSR count). The second-order valence-corrected chi connectivity index (χ2v) is 5.71. The first kappa shape index (κ1) is 16.0. The lowest BCUT2D eigenvalue weighted by molar-refractivity contribution is 0.102. The van der Waals surface area contributed by atoms with E-state index >= 15 is 0 Å². The van der Waals surface area contributed by atoms with Gasteiger partial charge in [0.05, 0.1) is 30.1 Å². The minimum Gasteiger partial charge on any atom is -0.378 e. The van der Waals surface area contributed by atoms with Crippen LogP contribution in [-0.4, -0.2) is 42.2 Å². The number of anilines is 2. The van der Waals surface area contributed by atoms with E-state index in [1.807, 2.05) is 6.07 Å². The largest absolute Gasteiger partial charge is 0.378 e. The Morgan fingerprint density at radius 1 is 1.17 bits per heavy atom. The van der Waals surface area contributed by atoms with Crippen LogP contribution in [-0.2, 0) is 4.74 Å². The number of rotatable bonds is 3. The molecule has 1 N–H and O–H groups in total. The smallest absolute Gasteiger partial charge is 0.277 e. The monoisotopic (exact) mass is 352 g/mol. The topological polar surface area (TPSA) is 67.4 Å². The fourth-order valence-electron chi connectivity index (χ4n) is 2.22. The molecule has 0 atom stereocenters. The minimum absolute atomic E-state index is 0.0678. The highest BCUT2D eigenvalue weighted by atomic mass is 35.5. The number of nitrogens with one attached hydrogen (secondary N) is 1. The fraction of sp³-hybridized carbons (Fsp3) is 0.267. The fourth-order valence-corrected chi connectivity index (χ4v) is 2.56. The molecule has 6 nitrogen and oxygen atoms in total. The average Bonchev–Trinajstić information content (AvgIpc) is 2.58. The number of amides is 1. The van der Waals surface area contributed by atoms with Crippen LogP contribution in [0.15, 0.2) is 30.5 Å². The third-order valence-electron chi connectivity index (χ3n) is 3.39. The molecule has 2 aromatic rings. The SMILES string of the molecule is O=C(Nc1ccc(N2CCOCC2)cn1)c1nc(Cl)ccc1Cl. The minimum atomic E-state index is -0.455. The van der Waals surface area contributed by atoms with E-state index in [9.17, 15) is 4.79 Å². The summed E-state index contributed by atoms with van der Waals surface area (Å²) in [5.74, 6) is -0.0334. The number of nitrogens with zero attached hydrogens (tertiary/aromatic N) is 3. The summed E-state index contributed by atoms with van der Waals surface area (Å²) in [4.78, 5) is 22.6. The maximum atomic E-state index is 12.2. The summed E-state index contributed by atoms with van der Waals surface area (Å²) in [6, 6.07) is 6.69. The Labute approximate surface area is 143 Å². The number of halogens is 2. The van der Waals surface area contributed by atoms with Gasteiger partial charge in [0, 0.05) is 13.1 Å². The first-order valence-corrected chi connectivity index (χ1v) is 7.81. The summed E-state index contributed by atoms with van der Waals surface area (Å²) in [7, 11) is 0. The van der Waals surface area contributed by atoms with Crippen molar-refractivity contribution in [1.29, 1.82) is 0 Å². The number of hydrogen-bond donors (Lipinski definition) is 1. The van der Waals surface area contributed by atoms with Crippen LogP contribution in [0.3, 0.4) is 0 Å². The number of carbonyl (C=O) groups is 1. The Balaban J connectivity index is 1.70. The lowest BCUT2D eigenvalue weighted by Crippen LogP contribution is -2.36. The van der Waals surface area contributed by atoms with Crippen LogP contribution >= 0.6 is 23.2 Å². The number of pyridine rings is 2. The van der Waals surface area contributed by atoms with Gasteiger partial charge in [-0.2, -0.15) is 0 Å². The summed E-state index contributed by atoms with van der Waals surface area (Å²) in [5, 5.41) is 3.09. The lowest BCUT2D eigenvalue weighted by Gasteiger charge is -2.28. The van der Waals surface area contributed by atoms with E-state index in [0.717, 1.165) is 18.8 Å². The van der Waals surface area contributed by atoms with Crippen LogP contribution in [0.1, 0.15) is 10.5 Å². The zero-order valence-electron chi connectivity index (χ0n) is 12.1. The molecule has 1 fully saturated rings. The summed E-state index contributed by atoms with van der Waals surface area (Å²) in [6.45, 7) is 3.07. The number of carbonyl (C=O) groups excluding carboxylic acids is 1. The first-order valence-electron chi connectivity index (χ1n) is 7.05. The number of hydrogen-bond acceptors (Lipinski definition) is 5. The van der Waals surface area contributed by atoms with Crippen molar-refractivity contribution in [2.24, 2.45) is 0 Å². The van der Waals surface area contributed by atoms with Crippen molar-refractivity contribution in [1.82, 2.24) is 9.97 Å². The van der Waals surface area contributed by atoms with Crippen LogP contribution < -0.4 is 10.2 Å². The van der Waals surface area contributed by atoms with E-state index in [1.165, 1.54) is 12.1 Å².